The first kappa shape index (κ1) is 18.5. The van der Waals surface area contributed by atoms with Crippen LogP contribution in [0.3, 0.4) is 0 Å². The van der Waals surface area contributed by atoms with Crippen molar-refractivity contribution in [1.29, 1.82) is 0 Å². The van der Waals surface area contributed by atoms with E-state index in [1.165, 1.54) is 7.11 Å². The zero-order chi connectivity index (χ0) is 18.1. The molecule has 0 aliphatic rings. The molecular weight excluding hydrogens is 322 g/mol. The second kappa shape index (κ2) is 9.44. The van der Waals surface area contributed by atoms with Gasteiger partial charge in [0.2, 0.25) is 0 Å². The molecule has 6 nitrogen and oxygen atoms in total. The van der Waals surface area contributed by atoms with E-state index in [-0.39, 0.29) is 19.1 Å². The fraction of sp³-hybridized carbons (Fsp3) is 0.263. The Balaban J connectivity index is 1.83. The average Bonchev–Trinajstić information content (AvgIpc) is 2.62. The third kappa shape index (κ3) is 6.27. The second-order valence-electron chi connectivity index (χ2n) is 5.35. The highest BCUT2D eigenvalue weighted by Crippen LogP contribution is 2.15. The van der Waals surface area contributed by atoms with Crippen molar-refractivity contribution in [1.82, 2.24) is 0 Å². The number of rotatable bonds is 8. The van der Waals surface area contributed by atoms with Crippen molar-refractivity contribution in [3.05, 3.63) is 59.7 Å². The van der Waals surface area contributed by atoms with Gasteiger partial charge in [-0.3, -0.25) is 4.79 Å². The molecule has 0 aliphatic heterocycles. The van der Waals surface area contributed by atoms with E-state index in [9.17, 15) is 9.59 Å². The molecule has 2 aromatic carbocycles. The molecular formula is C19H21NO5. The predicted octanol–water partition coefficient (Wildman–Crippen LogP) is 2.82. The van der Waals surface area contributed by atoms with Gasteiger partial charge in [0.25, 0.3) is 5.91 Å². The quantitative estimate of drug-likeness (QED) is 0.589. The summed E-state index contributed by atoms with van der Waals surface area (Å²) in [6.45, 7) is 2.32. The van der Waals surface area contributed by atoms with E-state index in [1.807, 2.05) is 31.2 Å². The summed E-state index contributed by atoms with van der Waals surface area (Å²) < 4.78 is 15.0. The fourth-order valence-corrected chi connectivity index (χ4v) is 1.97. The van der Waals surface area contributed by atoms with Gasteiger partial charge >= 0.3 is 5.97 Å². The summed E-state index contributed by atoms with van der Waals surface area (Å²) >= 11 is 0. The number of hydrogen-bond donors (Lipinski definition) is 1. The van der Waals surface area contributed by atoms with Crippen molar-refractivity contribution in [2.75, 3.05) is 32.2 Å². The number of esters is 1. The first-order chi connectivity index (χ1) is 12.1. The topological polar surface area (TPSA) is 73.9 Å². The fourth-order valence-electron chi connectivity index (χ4n) is 1.97. The van der Waals surface area contributed by atoms with Crippen molar-refractivity contribution in [3.8, 4) is 5.75 Å². The largest absolute Gasteiger partial charge is 0.482 e. The van der Waals surface area contributed by atoms with Crippen LogP contribution in [0.25, 0.3) is 0 Å². The number of anilines is 1. The number of carbonyl (C=O) groups excluding carboxylic acids is 2. The lowest BCUT2D eigenvalue weighted by molar-refractivity contribution is -0.147. The highest BCUT2D eigenvalue weighted by atomic mass is 16.6. The molecule has 0 fully saturated rings. The molecule has 0 atom stereocenters. The maximum absolute atomic E-state index is 12.2. The van der Waals surface area contributed by atoms with Gasteiger partial charge < -0.3 is 19.5 Å². The van der Waals surface area contributed by atoms with Crippen molar-refractivity contribution < 1.29 is 23.8 Å². The molecule has 1 amide bonds. The van der Waals surface area contributed by atoms with E-state index in [2.05, 4.69) is 5.32 Å². The Morgan fingerprint density at radius 3 is 2.28 bits per heavy atom. The van der Waals surface area contributed by atoms with Crippen LogP contribution < -0.4 is 10.1 Å². The lowest BCUT2D eigenvalue weighted by Crippen LogP contribution is -2.17. The van der Waals surface area contributed by atoms with Crippen LogP contribution in [-0.2, 0) is 14.3 Å². The normalized spacial score (nSPS) is 10.2. The van der Waals surface area contributed by atoms with Gasteiger partial charge in [0.15, 0.2) is 6.61 Å². The first-order valence-corrected chi connectivity index (χ1v) is 7.84. The highest BCUT2D eigenvalue weighted by Gasteiger charge is 2.08. The molecule has 25 heavy (non-hydrogen) atoms. The molecule has 2 aromatic rings. The molecule has 0 aromatic heterocycles. The molecule has 0 radical (unpaired) electrons. The summed E-state index contributed by atoms with van der Waals surface area (Å²) in [6.07, 6.45) is 0. The zero-order valence-electron chi connectivity index (χ0n) is 14.3. The van der Waals surface area contributed by atoms with Crippen LogP contribution in [0.4, 0.5) is 5.69 Å². The van der Waals surface area contributed by atoms with Gasteiger partial charge in [0.05, 0.1) is 6.61 Å². The Labute approximate surface area is 146 Å². The number of nitrogens with one attached hydrogen (secondary N) is 1. The van der Waals surface area contributed by atoms with Gasteiger partial charge in [-0.25, -0.2) is 4.79 Å². The van der Waals surface area contributed by atoms with Crippen LogP contribution in [0.5, 0.6) is 5.75 Å². The number of ether oxygens (including phenoxy) is 3. The van der Waals surface area contributed by atoms with Gasteiger partial charge in [-0.15, -0.1) is 0 Å². The summed E-state index contributed by atoms with van der Waals surface area (Å²) in [5, 5.41) is 2.82. The molecule has 0 spiro atoms. The van der Waals surface area contributed by atoms with E-state index in [0.717, 1.165) is 11.3 Å². The summed E-state index contributed by atoms with van der Waals surface area (Å²) in [5.41, 5.74) is 2.35. The monoisotopic (exact) mass is 343 g/mol. The van der Waals surface area contributed by atoms with E-state index in [4.69, 9.17) is 14.2 Å². The lowest BCUT2D eigenvalue weighted by Gasteiger charge is -2.08. The molecule has 2 rings (SSSR count). The maximum Gasteiger partial charge on any atom is 0.344 e. The molecule has 0 saturated carbocycles. The number of hydrogen-bond acceptors (Lipinski definition) is 5. The van der Waals surface area contributed by atoms with Gasteiger partial charge in [-0.05, 0) is 43.3 Å². The molecule has 6 heteroatoms. The summed E-state index contributed by atoms with van der Waals surface area (Å²) in [6, 6.07) is 14.1. The minimum atomic E-state index is -0.474. The van der Waals surface area contributed by atoms with Crippen LogP contribution in [0.1, 0.15) is 15.9 Å². The van der Waals surface area contributed by atoms with Gasteiger partial charge in [0, 0.05) is 18.4 Å². The van der Waals surface area contributed by atoms with Gasteiger partial charge in [-0.1, -0.05) is 17.7 Å². The number of methoxy groups -OCH3 is 1. The van der Waals surface area contributed by atoms with Crippen LogP contribution in [0.2, 0.25) is 0 Å². The smallest absolute Gasteiger partial charge is 0.344 e. The average molecular weight is 343 g/mol. The van der Waals surface area contributed by atoms with E-state index >= 15 is 0 Å². The Morgan fingerprint density at radius 2 is 1.64 bits per heavy atom. The minimum Gasteiger partial charge on any atom is -0.482 e. The third-order valence-corrected chi connectivity index (χ3v) is 3.33. The Morgan fingerprint density at radius 1 is 0.960 bits per heavy atom. The molecule has 0 aliphatic carbocycles. The molecule has 0 heterocycles. The van der Waals surface area contributed by atoms with Gasteiger partial charge in [-0.2, -0.15) is 0 Å². The summed E-state index contributed by atoms with van der Waals surface area (Å²) in [4.78, 5) is 23.6. The van der Waals surface area contributed by atoms with Crippen LogP contribution in [0, 0.1) is 6.92 Å². The van der Waals surface area contributed by atoms with Crippen LogP contribution in [-0.4, -0.2) is 38.8 Å². The molecule has 132 valence electrons. The number of carbonyl (C=O) groups is 2. The first-order valence-electron chi connectivity index (χ1n) is 7.84. The highest BCUT2D eigenvalue weighted by molar-refractivity contribution is 6.04. The number of amides is 1. The van der Waals surface area contributed by atoms with E-state index in [0.29, 0.717) is 17.9 Å². The summed E-state index contributed by atoms with van der Waals surface area (Å²) in [7, 11) is 1.53. The minimum absolute atomic E-state index is 0.191. The van der Waals surface area contributed by atoms with Crippen LogP contribution in [0.15, 0.2) is 48.5 Å². The maximum atomic E-state index is 12.2. The van der Waals surface area contributed by atoms with Crippen molar-refractivity contribution in [2.45, 2.75) is 6.92 Å². The summed E-state index contributed by atoms with van der Waals surface area (Å²) in [5.74, 6) is -0.205. The Kier molecular flexibility index (Phi) is 6.98. The Bertz CT molecular complexity index is 695. The van der Waals surface area contributed by atoms with Crippen molar-refractivity contribution in [3.63, 3.8) is 0 Å². The predicted molar refractivity (Wildman–Crippen MR) is 93.9 cm³/mol. The second-order valence-corrected chi connectivity index (χ2v) is 5.35. The van der Waals surface area contributed by atoms with Crippen LogP contribution >= 0.6 is 0 Å². The SMILES string of the molecule is COCCOC(=O)COc1ccc(C(=O)Nc2ccc(C)cc2)cc1. The molecule has 0 bridgehead atoms. The molecule has 0 unspecified atom stereocenters. The van der Waals surface area contributed by atoms with E-state index in [1.54, 1.807) is 24.3 Å². The van der Waals surface area contributed by atoms with Crippen molar-refractivity contribution in [2.24, 2.45) is 0 Å². The standard InChI is InChI=1S/C19H21NO5/c1-14-3-7-16(8-4-14)20-19(22)15-5-9-17(10-6-15)25-13-18(21)24-12-11-23-2/h3-10H,11-13H2,1-2H3,(H,20,22). The zero-order valence-corrected chi connectivity index (χ0v) is 14.3. The molecule has 1 N–H and O–H groups in total. The molecule has 0 saturated heterocycles. The lowest BCUT2D eigenvalue weighted by atomic mass is 10.2. The third-order valence-electron chi connectivity index (χ3n) is 3.33. The van der Waals surface area contributed by atoms with Crippen molar-refractivity contribution >= 4 is 17.6 Å². The van der Waals surface area contributed by atoms with Gasteiger partial charge in [0.1, 0.15) is 12.4 Å². The number of benzene rings is 2. The van der Waals surface area contributed by atoms with E-state index < -0.39 is 5.97 Å². The number of aryl methyl sites for hydroxylation is 1. The Hall–Kier alpha value is -2.86.